The molecular weight excluding hydrogens is 174 g/mol. The fourth-order valence-electron chi connectivity index (χ4n) is 2.63. The summed E-state index contributed by atoms with van der Waals surface area (Å²) in [4.78, 5) is 0. The highest BCUT2D eigenvalue weighted by molar-refractivity contribution is 4.93. The minimum atomic E-state index is 0.0169. The molecule has 2 nitrogen and oxygen atoms in total. The highest BCUT2D eigenvalue weighted by Gasteiger charge is 2.37. The van der Waals surface area contributed by atoms with Gasteiger partial charge in [-0.05, 0) is 26.2 Å². The zero-order chi connectivity index (χ0) is 10.4. The summed E-state index contributed by atoms with van der Waals surface area (Å²) in [6.45, 7) is 5.08. The van der Waals surface area contributed by atoms with Crippen molar-refractivity contribution in [3.05, 3.63) is 0 Å². The molecule has 0 radical (unpaired) electrons. The summed E-state index contributed by atoms with van der Waals surface area (Å²) >= 11 is 0. The molecule has 1 rings (SSSR count). The van der Waals surface area contributed by atoms with E-state index in [-0.39, 0.29) is 11.6 Å². The van der Waals surface area contributed by atoms with Crippen molar-refractivity contribution in [2.24, 2.45) is 5.73 Å². The lowest BCUT2D eigenvalue weighted by molar-refractivity contribution is -0.0834. The molecule has 0 unspecified atom stereocenters. The lowest BCUT2D eigenvalue weighted by Gasteiger charge is -2.41. The van der Waals surface area contributed by atoms with E-state index < -0.39 is 0 Å². The average Bonchev–Trinajstić information content (AvgIpc) is 2.20. The van der Waals surface area contributed by atoms with Gasteiger partial charge in [-0.3, -0.25) is 0 Å². The minimum Gasteiger partial charge on any atom is -0.374 e. The second kappa shape index (κ2) is 5.72. The molecule has 0 aliphatic heterocycles. The van der Waals surface area contributed by atoms with Crippen LogP contribution in [0.2, 0.25) is 0 Å². The molecule has 1 saturated carbocycles. The maximum absolute atomic E-state index is 6.26. The molecule has 0 spiro atoms. The lowest BCUT2D eigenvalue weighted by atomic mass is 9.78. The van der Waals surface area contributed by atoms with Crippen LogP contribution in [-0.2, 0) is 4.74 Å². The minimum absolute atomic E-state index is 0.0169. The zero-order valence-corrected chi connectivity index (χ0v) is 9.72. The third-order valence-corrected chi connectivity index (χ3v) is 3.41. The van der Waals surface area contributed by atoms with Crippen molar-refractivity contribution in [3.63, 3.8) is 0 Å². The molecule has 1 atom stereocenters. The van der Waals surface area contributed by atoms with E-state index in [1.807, 2.05) is 0 Å². The van der Waals surface area contributed by atoms with Gasteiger partial charge in [0.05, 0.1) is 5.60 Å². The highest BCUT2D eigenvalue weighted by Crippen LogP contribution is 2.35. The molecule has 0 aromatic rings. The van der Waals surface area contributed by atoms with Gasteiger partial charge in [0, 0.05) is 12.6 Å². The van der Waals surface area contributed by atoms with Gasteiger partial charge in [-0.25, -0.2) is 0 Å². The Morgan fingerprint density at radius 1 is 1.21 bits per heavy atom. The summed E-state index contributed by atoms with van der Waals surface area (Å²) in [5, 5.41) is 0. The van der Waals surface area contributed by atoms with Crippen LogP contribution in [0.3, 0.4) is 0 Å². The molecule has 0 amide bonds. The summed E-state index contributed by atoms with van der Waals surface area (Å²) in [5.41, 5.74) is 6.27. The third-order valence-electron chi connectivity index (χ3n) is 3.41. The van der Waals surface area contributed by atoms with Gasteiger partial charge in [-0.15, -0.1) is 0 Å². The first kappa shape index (κ1) is 12.0. The summed E-state index contributed by atoms with van der Waals surface area (Å²) in [6, 6.07) is 0.243. The maximum Gasteiger partial charge on any atom is 0.0832 e. The molecule has 84 valence electrons. The Hall–Kier alpha value is -0.0800. The maximum atomic E-state index is 6.26. The molecule has 1 aliphatic carbocycles. The number of hydrogen-bond donors (Lipinski definition) is 1. The summed E-state index contributed by atoms with van der Waals surface area (Å²) in [5.74, 6) is 0. The zero-order valence-electron chi connectivity index (χ0n) is 9.72. The van der Waals surface area contributed by atoms with Crippen LogP contribution in [0.4, 0.5) is 0 Å². The molecule has 14 heavy (non-hydrogen) atoms. The van der Waals surface area contributed by atoms with E-state index in [0.717, 1.165) is 19.4 Å². The van der Waals surface area contributed by atoms with Crippen molar-refractivity contribution in [3.8, 4) is 0 Å². The first-order chi connectivity index (χ1) is 6.75. The van der Waals surface area contributed by atoms with Gasteiger partial charge < -0.3 is 10.5 Å². The van der Waals surface area contributed by atoms with Gasteiger partial charge in [0.25, 0.3) is 0 Å². The standard InChI is InChI=1S/C12H25NO/c1-3-8-11(13)12(14-4-2)9-6-5-7-10-12/h11H,3-10,13H2,1-2H3/t11-/m0/s1. The van der Waals surface area contributed by atoms with Gasteiger partial charge >= 0.3 is 0 Å². The normalized spacial score (nSPS) is 23.4. The number of nitrogens with two attached hydrogens (primary N) is 1. The Bertz CT molecular complexity index is 147. The van der Waals surface area contributed by atoms with Crippen molar-refractivity contribution in [2.45, 2.75) is 70.4 Å². The third kappa shape index (κ3) is 2.71. The fraction of sp³-hybridized carbons (Fsp3) is 1.00. The molecule has 2 N–H and O–H groups in total. The van der Waals surface area contributed by atoms with Crippen molar-refractivity contribution in [1.82, 2.24) is 0 Å². The second-order valence-corrected chi connectivity index (χ2v) is 4.45. The largest absolute Gasteiger partial charge is 0.374 e. The molecule has 0 saturated heterocycles. The fourth-order valence-corrected chi connectivity index (χ4v) is 2.63. The first-order valence-electron chi connectivity index (χ1n) is 6.14. The number of ether oxygens (including phenoxy) is 1. The van der Waals surface area contributed by atoms with Crippen LogP contribution in [0.1, 0.15) is 58.8 Å². The molecule has 2 heteroatoms. The highest BCUT2D eigenvalue weighted by atomic mass is 16.5. The van der Waals surface area contributed by atoms with Crippen LogP contribution in [0.15, 0.2) is 0 Å². The van der Waals surface area contributed by atoms with Gasteiger partial charge in [-0.2, -0.15) is 0 Å². The Kier molecular flexibility index (Phi) is 4.90. The summed E-state index contributed by atoms with van der Waals surface area (Å²) in [6.07, 6.45) is 8.53. The van der Waals surface area contributed by atoms with E-state index >= 15 is 0 Å². The molecule has 0 bridgehead atoms. The molecule has 1 aliphatic rings. The summed E-state index contributed by atoms with van der Waals surface area (Å²) in [7, 11) is 0. The number of hydrogen-bond acceptors (Lipinski definition) is 2. The predicted octanol–water partition coefficient (Wildman–Crippen LogP) is 2.85. The topological polar surface area (TPSA) is 35.2 Å². The quantitative estimate of drug-likeness (QED) is 0.739. The van der Waals surface area contributed by atoms with Crippen LogP contribution in [0.5, 0.6) is 0 Å². The van der Waals surface area contributed by atoms with Crippen LogP contribution < -0.4 is 5.73 Å². The van der Waals surface area contributed by atoms with E-state index in [4.69, 9.17) is 10.5 Å². The Labute approximate surface area is 88.2 Å². The van der Waals surface area contributed by atoms with Gasteiger partial charge in [-0.1, -0.05) is 32.6 Å². The van der Waals surface area contributed by atoms with Crippen LogP contribution in [0.25, 0.3) is 0 Å². The van der Waals surface area contributed by atoms with Crippen molar-refractivity contribution < 1.29 is 4.74 Å². The van der Waals surface area contributed by atoms with Crippen molar-refractivity contribution in [1.29, 1.82) is 0 Å². The average molecular weight is 199 g/mol. The van der Waals surface area contributed by atoms with Crippen LogP contribution >= 0.6 is 0 Å². The van der Waals surface area contributed by atoms with Crippen molar-refractivity contribution >= 4 is 0 Å². The van der Waals surface area contributed by atoms with Crippen LogP contribution in [-0.4, -0.2) is 18.2 Å². The second-order valence-electron chi connectivity index (χ2n) is 4.45. The lowest BCUT2D eigenvalue weighted by Crippen LogP contribution is -2.51. The van der Waals surface area contributed by atoms with E-state index in [9.17, 15) is 0 Å². The smallest absolute Gasteiger partial charge is 0.0832 e. The Morgan fingerprint density at radius 2 is 1.86 bits per heavy atom. The molecule has 0 aromatic carbocycles. The SMILES string of the molecule is CCC[C@H](N)C1(OCC)CCCCC1. The molecular formula is C12H25NO. The van der Waals surface area contributed by atoms with E-state index in [1.54, 1.807) is 0 Å². The molecule has 1 fully saturated rings. The summed E-state index contributed by atoms with van der Waals surface area (Å²) < 4.78 is 5.96. The van der Waals surface area contributed by atoms with Crippen molar-refractivity contribution in [2.75, 3.05) is 6.61 Å². The van der Waals surface area contributed by atoms with E-state index in [0.29, 0.717) is 0 Å². The first-order valence-corrected chi connectivity index (χ1v) is 6.14. The monoisotopic (exact) mass is 199 g/mol. The van der Waals surface area contributed by atoms with Crippen LogP contribution in [0, 0.1) is 0 Å². The van der Waals surface area contributed by atoms with Gasteiger partial charge in [0.1, 0.15) is 0 Å². The van der Waals surface area contributed by atoms with Gasteiger partial charge in [0.15, 0.2) is 0 Å². The van der Waals surface area contributed by atoms with Gasteiger partial charge in [0.2, 0.25) is 0 Å². The Morgan fingerprint density at radius 3 is 2.36 bits per heavy atom. The predicted molar refractivity (Wildman–Crippen MR) is 60.3 cm³/mol. The Balaban J connectivity index is 2.58. The number of rotatable bonds is 5. The molecule has 0 aromatic heterocycles. The molecule has 0 heterocycles. The van der Waals surface area contributed by atoms with E-state index in [2.05, 4.69) is 13.8 Å². The van der Waals surface area contributed by atoms with E-state index in [1.165, 1.54) is 32.1 Å².